The highest BCUT2D eigenvalue weighted by molar-refractivity contribution is 7.12. The number of aromatic nitrogens is 8. The Morgan fingerprint density at radius 1 is 1.32 bits per heavy atom. The van der Waals surface area contributed by atoms with Gasteiger partial charge in [0, 0.05) is 17.1 Å². The first kappa shape index (κ1) is 14.6. The molecule has 4 aromatic rings. The number of aryl methyl sites for hydroxylation is 1. The predicted molar refractivity (Wildman–Crippen MR) is 94.0 cm³/mol. The van der Waals surface area contributed by atoms with Gasteiger partial charge in [-0.2, -0.15) is 9.47 Å². The van der Waals surface area contributed by atoms with Crippen LogP contribution in [0.5, 0.6) is 0 Å². The number of fused-ring (bicyclic) bond motifs is 1. The lowest BCUT2D eigenvalue weighted by molar-refractivity contribution is 0.444. The van der Waals surface area contributed by atoms with Crippen LogP contribution in [0, 0.1) is 12.8 Å². The van der Waals surface area contributed by atoms with Crippen LogP contribution in [0.15, 0.2) is 18.6 Å². The van der Waals surface area contributed by atoms with Gasteiger partial charge in [-0.3, -0.25) is 5.10 Å². The summed E-state index contributed by atoms with van der Waals surface area (Å²) in [6.07, 6.45) is 5.80. The average molecular weight is 352 g/mol. The highest BCUT2D eigenvalue weighted by atomic mass is 32.1. The van der Waals surface area contributed by atoms with Crippen molar-refractivity contribution in [3.8, 4) is 23.0 Å². The molecule has 0 saturated heterocycles. The largest absolute Gasteiger partial charge is 0.257 e. The van der Waals surface area contributed by atoms with E-state index in [1.165, 1.54) is 30.7 Å². The van der Waals surface area contributed by atoms with Gasteiger partial charge >= 0.3 is 0 Å². The van der Waals surface area contributed by atoms with Crippen LogP contribution in [0.25, 0.3) is 33.3 Å². The fourth-order valence-corrected chi connectivity index (χ4v) is 3.79. The Labute approximate surface area is 147 Å². The van der Waals surface area contributed by atoms with Crippen molar-refractivity contribution in [3.05, 3.63) is 24.3 Å². The number of aromatic amines is 1. The average Bonchev–Trinajstić information content (AvgIpc) is 3.03. The number of hydrogen-bond donors (Lipinski definition) is 1. The van der Waals surface area contributed by atoms with E-state index < -0.39 is 0 Å². The molecular weight excluding hydrogens is 336 g/mol. The lowest BCUT2D eigenvalue weighted by atomic mass is 10.1. The second-order valence-electron chi connectivity index (χ2n) is 6.46. The molecule has 5 rings (SSSR count). The topological polar surface area (TPSA) is 98.1 Å². The molecule has 0 aromatic carbocycles. The van der Waals surface area contributed by atoms with Crippen LogP contribution in [-0.2, 0) is 0 Å². The minimum absolute atomic E-state index is 0.288. The lowest BCUT2D eigenvalue weighted by Crippen LogP contribution is -2.11. The minimum Gasteiger partial charge on any atom is -0.257 e. The first-order chi connectivity index (χ1) is 12.2. The molecule has 0 amide bonds. The maximum absolute atomic E-state index is 4.74. The maximum atomic E-state index is 4.74. The van der Waals surface area contributed by atoms with Crippen LogP contribution >= 0.6 is 11.5 Å². The molecule has 126 valence electrons. The molecule has 9 heteroatoms. The third kappa shape index (κ3) is 2.42. The van der Waals surface area contributed by atoms with E-state index in [2.05, 4.69) is 37.5 Å². The lowest BCUT2D eigenvalue weighted by Gasteiger charge is -2.13. The Kier molecular flexibility index (Phi) is 3.17. The van der Waals surface area contributed by atoms with E-state index in [1.54, 1.807) is 0 Å². The smallest absolute Gasteiger partial charge is 0.219 e. The molecule has 0 aliphatic heterocycles. The van der Waals surface area contributed by atoms with Crippen molar-refractivity contribution in [2.75, 3.05) is 0 Å². The summed E-state index contributed by atoms with van der Waals surface area (Å²) in [7, 11) is 0. The van der Waals surface area contributed by atoms with Crippen molar-refractivity contribution in [3.63, 3.8) is 0 Å². The summed E-state index contributed by atoms with van der Waals surface area (Å²) < 4.78 is 6.39. The first-order valence-corrected chi connectivity index (χ1v) is 9.02. The molecule has 1 atom stereocenters. The molecule has 25 heavy (non-hydrogen) atoms. The van der Waals surface area contributed by atoms with Gasteiger partial charge in [-0.25, -0.2) is 19.6 Å². The van der Waals surface area contributed by atoms with Gasteiger partial charge in [-0.1, -0.05) is 0 Å². The van der Waals surface area contributed by atoms with Crippen molar-refractivity contribution in [2.45, 2.75) is 32.7 Å². The normalized spacial score (nSPS) is 15.8. The first-order valence-electron chi connectivity index (χ1n) is 8.25. The zero-order valence-electron chi connectivity index (χ0n) is 13.8. The molecule has 1 N–H and O–H groups in total. The van der Waals surface area contributed by atoms with Crippen molar-refractivity contribution in [2.24, 2.45) is 5.92 Å². The third-order valence-corrected chi connectivity index (χ3v) is 5.58. The monoisotopic (exact) mass is 352 g/mol. The zero-order chi connectivity index (χ0) is 17.0. The molecule has 1 aliphatic carbocycles. The third-order valence-electron chi connectivity index (χ3n) is 4.72. The van der Waals surface area contributed by atoms with E-state index in [0.717, 1.165) is 27.3 Å². The van der Waals surface area contributed by atoms with E-state index in [1.807, 2.05) is 17.8 Å². The molecule has 1 saturated carbocycles. The Hall–Kier alpha value is -2.68. The van der Waals surface area contributed by atoms with Crippen molar-refractivity contribution in [1.29, 1.82) is 0 Å². The summed E-state index contributed by atoms with van der Waals surface area (Å²) in [5.74, 6) is 2.60. The van der Waals surface area contributed by atoms with E-state index in [0.29, 0.717) is 17.6 Å². The fraction of sp³-hybridized carbons (Fsp3) is 0.375. The summed E-state index contributed by atoms with van der Waals surface area (Å²) in [5.41, 5.74) is 1.94. The summed E-state index contributed by atoms with van der Waals surface area (Å²) in [5, 5.41) is 12.5. The minimum atomic E-state index is 0.288. The van der Waals surface area contributed by atoms with Crippen molar-refractivity contribution < 1.29 is 0 Å². The van der Waals surface area contributed by atoms with Gasteiger partial charge in [-0.15, -0.1) is 5.10 Å². The van der Waals surface area contributed by atoms with E-state index in [9.17, 15) is 0 Å². The van der Waals surface area contributed by atoms with Crippen molar-refractivity contribution in [1.82, 2.24) is 39.3 Å². The molecule has 1 unspecified atom stereocenters. The predicted octanol–water partition coefficient (Wildman–Crippen LogP) is 3.01. The Balaban J connectivity index is 1.68. The van der Waals surface area contributed by atoms with Crippen LogP contribution in [-0.4, -0.2) is 39.3 Å². The quantitative estimate of drug-likeness (QED) is 0.606. The molecular formula is C16H16N8S. The molecule has 0 radical (unpaired) electrons. The molecule has 4 heterocycles. The van der Waals surface area contributed by atoms with Gasteiger partial charge in [0.2, 0.25) is 5.82 Å². The highest BCUT2D eigenvalue weighted by Gasteiger charge is 2.32. The van der Waals surface area contributed by atoms with Gasteiger partial charge in [-0.05, 0) is 50.2 Å². The maximum Gasteiger partial charge on any atom is 0.219 e. The number of nitrogens with one attached hydrogen (secondary N) is 1. The number of nitrogens with zero attached hydrogens (tertiary/aromatic N) is 7. The van der Waals surface area contributed by atoms with Crippen LogP contribution < -0.4 is 0 Å². The van der Waals surface area contributed by atoms with Crippen molar-refractivity contribution >= 4 is 21.7 Å². The number of pyridine rings is 1. The standard InChI is InChI=1S/C16H16N8S/c1-8-12-5-11(6-17-16(12)25-23-8)15-20-14(13-18-7-19-21-13)22-24(15)9(2)10-3-4-10/h5-7,9-10H,3-4H2,1-2H3,(H,18,19,21). The van der Waals surface area contributed by atoms with Gasteiger partial charge in [0.05, 0.1) is 11.7 Å². The highest BCUT2D eigenvalue weighted by Crippen LogP contribution is 2.41. The fourth-order valence-electron chi connectivity index (χ4n) is 3.06. The number of hydrogen-bond acceptors (Lipinski definition) is 7. The molecule has 1 fully saturated rings. The van der Waals surface area contributed by atoms with Crippen LogP contribution in [0.3, 0.4) is 0 Å². The van der Waals surface area contributed by atoms with E-state index >= 15 is 0 Å². The van der Waals surface area contributed by atoms with Crippen LogP contribution in [0.4, 0.5) is 0 Å². The second kappa shape index (κ2) is 5.41. The Morgan fingerprint density at radius 2 is 2.20 bits per heavy atom. The SMILES string of the molecule is Cc1nsc2ncc(-c3nc(-c4ncn[nH]4)nn3C(C)C3CC3)cc12. The van der Waals surface area contributed by atoms with Gasteiger partial charge in [0.1, 0.15) is 11.2 Å². The van der Waals surface area contributed by atoms with Gasteiger partial charge in [0.25, 0.3) is 0 Å². The zero-order valence-corrected chi connectivity index (χ0v) is 14.7. The summed E-state index contributed by atoms with van der Waals surface area (Å²) in [6, 6.07) is 2.39. The Bertz CT molecular complexity index is 1040. The van der Waals surface area contributed by atoms with Crippen LogP contribution in [0.2, 0.25) is 0 Å². The summed E-state index contributed by atoms with van der Waals surface area (Å²) in [6.45, 7) is 4.20. The molecule has 0 bridgehead atoms. The molecule has 0 spiro atoms. The second-order valence-corrected chi connectivity index (χ2v) is 7.21. The van der Waals surface area contributed by atoms with Gasteiger partial charge in [0.15, 0.2) is 11.6 Å². The number of H-pyrrole nitrogens is 1. The van der Waals surface area contributed by atoms with Gasteiger partial charge < -0.3 is 0 Å². The summed E-state index contributed by atoms with van der Waals surface area (Å²) >= 11 is 1.42. The van der Waals surface area contributed by atoms with Crippen LogP contribution in [0.1, 0.15) is 31.5 Å². The summed E-state index contributed by atoms with van der Waals surface area (Å²) in [4.78, 5) is 14.4. The number of rotatable bonds is 4. The molecule has 8 nitrogen and oxygen atoms in total. The molecule has 4 aromatic heterocycles. The molecule has 1 aliphatic rings. The van der Waals surface area contributed by atoms with E-state index in [4.69, 9.17) is 10.1 Å². The van der Waals surface area contributed by atoms with E-state index in [-0.39, 0.29) is 6.04 Å². The Morgan fingerprint density at radius 3 is 2.96 bits per heavy atom.